The molecule has 4 nitrogen and oxygen atoms in total. The number of rotatable bonds is 4. The summed E-state index contributed by atoms with van der Waals surface area (Å²) in [5.74, 6) is 0. The van der Waals surface area contributed by atoms with Crippen LogP contribution in [0.15, 0.2) is 146 Å². The molecule has 0 saturated carbocycles. The third-order valence-electron chi connectivity index (χ3n) is 11.3. The number of fused-ring (bicyclic) bond motifs is 11. The van der Waals surface area contributed by atoms with Crippen LogP contribution in [0.5, 0.6) is 0 Å². The van der Waals surface area contributed by atoms with Crippen LogP contribution >= 0.6 is 11.3 Å². The van der Waals surface area contributed by atoms with Gasteiger partial charge in [-0.3, -0.25) is 10.2 Å². The van der Waals surface area contributed by atoms with Crippen LogP contribution in [-0.4, -0.2) is 32.7 Å². The van der Waals surface area contributed by atoms with Crippen LogP contribution in [0.4, 0.5) is 0 Å². The monoisotopic (exact) mass is 646 g/mol. The van der Waals surface area contributed by atoms with Gasteiger partial charge in [-0.05, 0) is 77.4 Å². The molecule has 2 N–H and O–H groups in total. The highest BCUT2D eigenvalue weighted by atomic mass is 32.1. The Morgan fingerprint density at radius 3 is 2.37 bits per heavy atom. The van der Waals surface area contributed by atoms with Crippen molar-refractivity contribution in [2.24, 2.45) is 0 Å². The van der Waals surface area contributed by atoms with Crippen molar-refractivity contribution in [2.45, 2.75) is 17.7 Å². The van der Waals surface area contributed by atoms with Crippen LogP contribution in [0, 0.1) is 0 Å². The zero-order valence-electron chi connectivity index (χ0n) is 26.5. The van der Waals surface area contributed by atoms with Gasteiger partial charge in [-0.25, -0.2) is 0 Å². The number of benzene rings is 6. The molecule has 232 valence electrons. The summed E-state index contributed by atoms with van der Waals surface area (Å²) in [6.07, 6.45) is 9.01. The maximum atomic E-state index is 4.06. The number of hydrogen-bond donors (Lipinski definition) is 2. The number of H-pyrrole nitrogens is 1. The van der Waals surface area contributed by atoms with Crippen molar-refractivity contribution < 1.29 is 0 Å². The maximum absolute atomic E-state index is 4.06. The molecule has 0 amide bonds. The molecule has 49 heavy (non-hydrogen) atoms. The van der Waals surface area contributed by atoms with Crippen molar-refractivity contribution >= 4 is 75.1 Å². The lowest BCUT2D eigenvalue weighted by atomic mass is 9.96. The minimum atomic E-state index is -0.0569. The molecule has 4 unspecified atom stereocenters. The molecule has 0 bridgehead atoms. The third kappa shape index (κ3) is 3.59. The quantitative estimate of drug-likeness (QED) is 0.187. The fourth-order valence-electron chi connectivity index (χ4n) is 8.85. The summed E-state index contributed by atoms with van der Waals surface area (Å²) in [7, 11) is 0. The molecule has 3 aromatic heterocycles. The largest absolute Gasteiger partial charge is 0.354 e. The van der Waals surface area contributed by atoms with Crippen molar-refractivity contribution in [2.75, 3.05) is 6.54 Å². The number of aromatic nitrogens is 2. The number of nitrogens with one attached hydrogen (secondary N) is 2. The maximum Gasteiger partial charge on any atom is 0.111 e. The van der Waals surface area contributed by atoms with Crippen LogP contribution in [0.2, 0.25) is 0 Å². The number of thiophene rings is 1. The predicted molar refractivity (Wildman–Crippen MR) is 206 cm³/mol. The second-order valence-electron chi connectivity index (χ2n) is 13.9. The van der Waals surface area contributed by atoms with Gasteiger partial charge in [0.1, 0.15) is 5.66 Å². The van der Waals surface area contributed by atoms with Gasteiger partial charge in [0.2, 0.25) is 0 Å². The molecule has 3 aliphatic rings. The smallest absolute Gasteiger partial charge is 0.111 e. The minimum Gasteiger partial charge on any atom is -0.354 e. The highest BCUT2D eigenvalue weighted by Gasteiger charge is 2.63. The highest BCUT2D eigenvalue weighted by molar-refractivity contribution is 7.25. The summed E-state index contributed by atoms with van der Waals surface area (Å²) in [5.41, 5.74) is 9.95. The molecular formula is C44H30N4S. The average Bonchev–Trinajstić information content (AvgIpc) is 3.99. The van der Waals surface area contributed by atoms with Crippen molar-refractivity contribution in [1.29, 1.82) is 0 Å². The molecule has 0 radical (unpaired) electrons. The molecular weight excluding hydrogens is 617 g/mol. The molecule has 9 aromatic rings. The first-order chi connectivity index (χ1) is 24.2. The zero-order valence-corrected chi connectivity index (χ0v) is 27.3. The second kappa shape index (κ2) is 9.36. The van der Waals surface area contributed by atoms with E-state index in [1.807, 2.05) is 11.3 Å². The summed E-state index contributed by atoms with van der Waals surface area (Å²) >= 11 is 1.88. The Kier molecular flexibility index (Phi) is 5.06. The summed E-state index contributed by atoms with van der Waals surface area (Å²) in [4.78, 5) is 6.69. The van der Waals surface area contributed by atoms with Gasteiger partial charge in [0, 0.05) is 53.9 Å². The number of allylic oxidation sites excluding steroid dienone is 2. The highest BCUT2D eigenvalue weighted by Crippen LogP contribution is 2.52. The molecule has 4 atom stereocenters. The fraction of sp³-hybridized carbons (Fsp3) is 0.0909. The van der Waals surface area contributed by atoms with Crippen molar-refractivity contribution in [3.63, 3.8) is 0 Å². The SMILES string of the molecule is C1=CC2NC2(N2CC2c2cc(-c3ccc4sc5ccccc5c4c3)cc3c2[nH]c2c3ccc3c2c2ccccc2n3-c2ccccc2)C=C1. The van der Waals surface area contributed by atoms with E-state index in [9.17, 15) is 0 Å². The number of hydrogen-bond acceptors (Lipinski definition) is 3. The van der Waals surface area contributed by atoms with Gasteiger partial charge in [-0.15, -0.1) is 11.3 Å². The van der Waals surface area contributed by atoms with Crippen LogP contribution in [0.25, 0.3) is 80.6 Å². The zero-order chi connectivity index (χ0) is 31.8. The first-order valence-electron chi connectivity index (χ1n) is 17.1. The van der Waals surface area contributed by atoms with Crippen molar-refractivity contribution in [1.82, 2.24) is 19.8 Å². The molecule has 2 saturated heterocycles. The molecule has 6 aromatic carbocycles. The molecule has 12 rings (SSSR count). The summed E-state index contributed by atoms with van der Waals surface area (Å²) in [6, 6.07) is 45.7. The molecule has 5 heterocycles. The van der Waals surface area contributed by atoms with Crippen LogP contribution < -0.4 is 5.32 Å². The van der Waals surface area contributed by atoms with E-state index in [1.54, 1.807) is 0 Å². The fourth-order valence-corrected chi connectivity index (χ4v) is 9.94. The van der Waals surface area contributed by atoms with Crippen molar-refractivity contribution in [3.05, 3.63) is 151 Å². The Bertz CT molecular complexity index is 2920. The van der Waals surface area contributed by atoms with Crippen LogP contribution in [0.1, 0.15) is 11.6 Å². The van der Waals surface area contributed by atoms with E-state index in [0.717, 1.165) is 6.54 Å². The van der Waals surface area contributed by atoms with E-state index in [1.165, 1.54) is 86.2 Å². The Morgan fingerprint density at radius 1 is 0.633 bits per heavy atom. The first kappa shape index (κ1) is 26.5. The van der Waals surface area contributed by atoms with E-state index in [0.29, 0.717) is 12.1 Å². The summed E-state index contributed by atoms with van der Waals surface area (Å²) in [5, 5.41) is 11.6. The Balaban J connectivity index is 1.13. The normalized spacial score (nSPS) is 22.7. The third-order valence-corrected chi connectivity index (χ3v) is 12.4. The lowest BCUT2D eigenvalue weighted by molar-refractivity contribution is 0.400. The van der Waals surface area contributed by atoms with Crippen molar-refractivity contribution in [3.8, 4) is 16.8 Å². The van der Waals surface area contributed by atoms with Gasteiger partial charge in [-0.2, -0.15) is 0 Å². The second-order valence-corrected chi connectivity index (χ2v) is 14.9. The van der Waals surface area contributed by atoms with Gasteiger partial charge in [0.15, 0.2) is 0 Å². The molecule has 1 aliphatic carbocycles. The van der Waals surface area contributed by atoms with Gasteiger partial charge in [0.25, 0.3) is 0 Å². The van der Waals surface area contributed by atoms with E-state index >= 15 is 0 Å². The van der Waals surface area contributed by atoms with E-state index < -0.39 is 0 Å². The van der Waals surface area contributed by atoms with Gasteiger partial charge in [-0.1, -0.05) is 85.0 Å². The minimum absolute atomic E-state index is 0.0569. The van der Waals surface area contributed by atoms with E-state index in [-0.39, 0.29) is 5.66 Å². The summed E-state index contributed by atoms with van der Waals surface area (Å²) in [6.45, 7) is 1.03. The lowest BCUT2D eigenvalue weighted by Crippen LogP contribution is -2.26. The predicted octanol–water partition coefficient (Wildman–Crippen LogP) is 10.6. The van der Waals surface area contributed by atoms with E-state index in [4.69, 9.17) is 0 Å². The van der Waals surface area contributed by atoms with Gasteiger partial charge < -0.3 is 9.55 Å². The summed E-state index contributed by atoms with van der Waals surface area (Å²) < 4.78 is 5.09. The average molecular weight is 647 g/mol. The standard InChI is InChI=1S/C44H30N4S/c1-2-10-28(11-3-1)48-35-14-6-4-13-31(35)41-36(48)19-18-30-33-23-27(26-17-20-39-32(22-26)29-12-5-7-15-38(29)49-39)24-34(42(33)45-43(30)41)37-25-47(37)44-21-9-8-16-40(44)46-44/h1-24,37,40,45-46H,25H2. The number of nitrogens with zero attached hydrogens (tertiary/aromatic N) is 2. The molecule has 5 heteroatoms. The van der Waals surface area contributed by atoms with Crippen LogP contribution in [-0.2, 0) is 0 Å². The van der Waals surface area contributed by atoms with E-state index in [2.05, 4.69) is 165 Å². The molecule has 2 aliphatic heterocycles. The Hall–Kier alpha value is -5.46. The number of aromatic amines is 1. The number of para-hydroxylation sites is 2. The first-order valence-corrected chi connectivity index (χ1v) is 18.0. The Morgan fingerprint density at radius 2 is 1.45 bits per heavy atom. The van der Waals surface area contributed by atoms with Gasteiger partial charge in [0.05, 0.1) is 34.2 Å². The van der Waals surface area contributed by atoms with Crippen LogP contribution in [0.3, 0.4) is 0 Å². The molecule has 2 fully saturated rings. The Labute approximate surface area is 286 Å². The van der Waals surface area contributed by atoms with Gasteiger partial charge >= 0.3 is 0 Å². The lowest BCUT2D eigenvalue weighted by Gasteiger charge is -2.15. The topological polar surface area (TPSA) is 45.7 Å². The molecule has 0 spiro atoms.